The average Bonchev–Trinajstić information content (AvgIpc) is 2.42. The van der Waals surface area contributed by atoms with Gasteiger partial charge in [0.1, 0.15) is 17.2 Å². The Morgan fingerprint density at radius 3 is 2.55 bits per heavy atom. The molecule has 0 aliphatic heterocycles. The fraction of sp³-hybridized carbons (Fsp3) is 0.188. The fourth-order valence-electron chi connectivity index (χ4n) is 1.72. The van der Waals surface area contributed by atoms with E-state index in [4.69, 9.17) is 21.1 Å². The minimum atomic E-state index is -0.0307. The van der Waals surface area contributed by atoms with Crippen molar-refractivity contribution in [3.05, 3.63) is 53.1 Å². The maximum Gasteiger partial charge on any atom is 0.159 e. The highest BCUT2D eigenvalue weighted by Crippen LogP contribution is 2.31. The zero-order chi connectivity index (χ0) is 14.5. The van der Waals surface area contributed by atoms with Gasteiger partial charge < -0.3 is 9.47 Å². The zero-order valence-corrected chi connectivity index (χ0v) is 12.1. The van der Waals surface area contributed by atoms with Crippen molar-refractivity contribution in [1.82, 2.24) is 0 Å². The molecule has 0 unspecified atom stereocenters. The molecular formula is C16H15ClO3. The van der Waals surface area contributed by atoms with Gasteiger partial charge in [0.15, 0.2) is 5.78 Å². The van der Waals surface area contributed by atoms with Crippen molar-refractivity contribution >= 4 is 17.4 Å². The molecule has 0 amide bonds. The largest absolute Gasteiger partial charge is 0.494 e. The van der Waals surface area contributed by atoms with E-state index < -0.39 is 0 Å². The molecule has 0 aromatic heterocycles. The third-order valence-electron chi connectivity index (χ3n) is 2.68. The van der Waals surface area contributed by atoms with Crippen LogP contribution in [0, 0.1) is 0 Å². The Hall–Kier alpha value is -2.00. The molecule has 3 nitrogen and oxygen atoms in total. The van der Waals surface area contributed by atoms with Gasteiger partial charge in [-0.1, -0.05) is 17.7 Å². The Balaban J connectivity index is 2.21. The molecule has 0 aliphatic carbocycles. The molecule has 0 atom stereocenters. The highest BCUT2D eigenvalue weighted by molar-refractivity contribution is 6.32. The van der Waals surface area contributed by atoms with Gasteiger partial charge in [0.25, 0.3) is 0 Å². The summed E-state index contributed by atoms with van der Waals surface area (Å²) in [6.07, 6.45) is 0. The number of benzene rings is 2. The summed E-state index contributed by atoms with van der Waals surface area (Å²) >= 11 is 6.12. The number of ketones is 1. The van der Waals surface area contributed by atoms with Gasteiger partial charge in [-0.25, -0.2) is 0 Å². The summed E-state index contributed by atoms with van der Waals surface area (Å²) in [7, 11) is 0. The number of carbonyl (C=O) groups is 1. The number of halogens is 1. The van der Waals surface area contributed by atoms with E-state index >= 15 is 0 Å². The lowest BCUT2D eigenvalue weighted by Crippen LogP contribution is -1.94. The van der Waals surface area contributed by atoms with Crippen molar-refractivity contribution in [2.75, 3.05) is 6.61 Å². The molecule has 0 aliphatic rings. The normalized spacial score (nSPS) is 10.2. The van der Waals surface area contributed by atoms with Crippen LogP contribution in [0.25, 0.3) is 0 Å². The van der Waals surface area contributed by atoms with E-state index in [0.29, 0.717) is 28.7 Å². The molecule has 2 aromatic carbocycles. The Labute approximate surface area is 123 Å². The van der Waals surface area contributed by atoms with Gasteiger partial charge in [-0.05, 0) is 44.2 Å². The van der Waals surface area contributed by atoms with Gasteiger partial charge in [-0.3, -0.25) is 4.79 Å². The standard InChI is InChI=1S/C16H15ClO3/c1-3-19-13-5-4-6-14(10-13)20-16-8-7-12(11(2)18)9-15(16)17/h4-10H,3H2,1-2H3. The van der Waals surface area contributed by atoms with Gasteiger partial charge in [0.2, 0.25) is 0 Å². The third-order valence-corrected chi connectivity index (χ3v) is 2.98. The Morgan fingerprint density at radius 1 is 1.15 bits per heavy atom. The summed E-state index contributed by atoms with van der Waals surface area (Å²) in [6.45, 7) is 4.01. The van der Waals surface area contributed by atoms with E-state index in [0.717, 1.165) is 5.75 Å². The summed E-state index contributed by atoms with van der Waals surface area (Å²) in [4.78, 5) is 11.3. The molecule has 0 bridgehead atoms. The monoisotopic (exact) mass is 290 g/mol. The number of hydrogen-bond donors (Lipinski definition) is 0. The summed E-state index contributed by atoms with van der Waals surface area (Å²) < 4.78 is 11.1. The predicted octanol–water partition coefficient (Wildman–Crippen LogP) is 4.73. The van der Waals surface area contributed by atoms with Crippen LogP contribution in [-0.2, 0) is 0 Å². The van der Waals surface area contributed by atoms with Crippen LogP contribution in [0.4, 0.5) is 0 Å². The number of carbonyl (C=O) groups excluding carboxylic acids is 1. The summed E-state index contributed by atoms with van der Waals surface area (Å²) in [5, 5.41) is 0.402. The van der Waals surface area contributed by atoms with Crippen molar-refractivity contribution in [3.8, 4) is 17.2 Å². The van der Waals surface area contributed by atoms with E-state index in [1.165, 1.54) is 6.92 Å². The van der Waals surface area contributed by atoms with Crippen molar-refractivity contribution in [3.63, 3.8) is 0 Å². The highest BCUT2D eigenvalue weighted by Gasteiger charge is 2.07. The molecule has 0 fully saturated rings. The Bertz CT molecular complexity index is 623. The second-order valence-corrected chi connectivity index (χ2v) is 4.62. The first-order valence-electron chi connectivity index (χ1n) is 6.31. The average molecular weight is 291 g/mol. The van der Waals surface area contributed by atoms with Crippen LogP contribution in [0.5, 0.6) is 17.2 Å². The number of hydrogen-bond acceptors (Lipinski definition) is 3. The molecule has 0 N–H and O–H groups in total. The number of Topliss-reactive ketones (excluding diaryl/α,β-unsaturated/α-hetero) is 1. The van der Waals surface area contributed by atoms with Crippen LogP contribution in [0.15, 0.2) is 42.5 Å². The lowest BCUT2D eigenvalue weighted by Gasteiger charge is -2.10. The Kier molecular flexibility index (Phi) is 4.64. The molecule has 20 heavy (non-hydrogen) atoms. The zero-order valence-electron chi connectivity index (χ0n) is 11.4. The maximum absolute atomic E-state index is 11.3. The molecule has 0 radical (unpaired) electrons. The summed E-state index contributed by atoms with van der Waals surface area (Å²) in [5.74, 6) is 1.84. The van der Waals surface area contributed by atoms with E-state index in [2.05, 4.69) is 0 Å². The lowest BCUT2D eigenvalue weighted by molar-refractivity contribution is 0.101. The van der Waals surface area contributed by atoms with Crippen molar-refractivity contribution in [2.24, 2.45) is 0 Å². The Morgan fingerprint density at radius 2 is 1.90 bits per heavy atom. The second kappa shape index (κ2) is 6.44. The number of ether oxygens (including phenoxy) is 2. The second-order valence-electron chi connectivity index (χ2n) is 4.21. The van der Waals surface area contributed by atoms with Crippen molar-refractivity contribution in [2.45, 2.75) is 13.8 Å². The van der Waals surface area contributed by atoms with Crippen LogP contribution in [0.3, 0.4) is 0 Å². The first-order valence-corrected chi connectivity index (χ1v) is 6.69. The molecule has 0 saturated heterocycles. The molecule has 104 valence electrons. The molecule has 2 aromatic rings. The summed E-state index contributed by atoms with van der Waals surface area (Å²) in [6, 6.07) is 12.3. The SMILES string of the molecule is CCOc1cccc(Oc2ccc(C(C)=O)cc2Cl)c1. The van der Waals surface area contributed by atoms with Crippen LogP contribution < -0.4 is 9.47 Å². The van der Waals surface area contributed by atoms with Crippen LogP contribution >= 0.6 is 11.6 Å². The van der Waals surface area contributed by atoms with Gasteiger partial charge >= 0.3 is 0 Å². The molecule has 0 spiro atoms. The molecule has 0 saturated carbocycles. The minimum Gasteiger partial charge on any atom is -0.494 e. The predicted molar refractivity (Wildman–Crippen MR) is 79.1 cm³/mol. The van der Waals surface area contributed by atoms with E-state index in [1.54, 1.807) is 24.3 Å². The van der Waals surface area contributed by atoms with Crippen LogP contribution in [-0.4, -0.2) is 12.4 Å². The first-order chi connectivity index (χ1) is 9.60. The first kappa shape index (κ1) is 14.4. The van der Waals surface area contributed by atoms with E-state index in [-0.39, 0.29) is 5.78 Å². The maximum atomic E-state index is 11.3. The van der Waals surface area contributed by atoms with Gasteiger partial charge in [0, 0.05) is 11.6 Å². The number of rotatable bonds is 5. The van der Waals surface area contributed by atoms with Crippen LogP contribution in [0.2, 0.25) is 5.02 Å². The smallest absolute Gasteiger partial charge is 0.159 e. The molecule has 0 heterocycles. The quantitative estimate of drug-likeness (QED) is 0.747. The molecule has 4 heteroatoms. The third kappa shape index (κ3) is 3.52. The summed E-state index contributed by atoms with van der Waals surface area (Å²) in [5.41, 5.74) is 0.561. The molecule has 2 rings (SSSR count). The van der Waals surface area contributed by atoms with E-state index in [9.17, 15) is 4.79 Å². The van der Waals surface area contributed by atoms with E-state index in [1.807, 2.05) is 25.1 Å². The van der Waals surface area contributed by atoms with Gasteiger partial charge in [-0.2, -0.15) is 0 Å². The minimum absolute atomic E-state index is 0.0307. The lowest BCUT2D eigenvalue weighted by atomic mass is 10.1. The topological polar surface area (TPSA) is 35.5 Å². The van der Waals surface area contributed by atoms with Crippen molar-refractivity contribution in [1.29, 1.82) is 0 Å². The highest BCUT2D eigenvalue weighted by atomic mass is 35.5. The fourth-order valence-corrected chi connectivity index (χ4v) is 1.94. The molecular weight excluding hydrogens is 276 g/mol. The van der Waals surface area contributed by atoms with Crippen LogP contribution in [0.1, 0.15) is 24.2 Å². The van der Waals surface area contributed by atoms with Gasteiger partial charge in [-0.15, -0.1) is 0 Å². The van der Waals surface area contributed by atoms with Gasteiger partial charge in [0.05, 0.1) is 11.6 Å². The van der Waals surface area contributed by atoms with Crippen molar-refractivity contribution < 1.29 is 14.3 Å².